The molecule has 2 saturated heterocycles. The predicted octanol–water partition coefficient (Wildman–Crippen LogP) is 2.14. The van der Waals surface area contributed by atoms with Gasteiger partial charge >= 0.3 is 6.09 Å². The van der Waals surface area contributed by atoms with Crippen LogP contribution in [0.5, 0.6) is 0 Å². The third-order valence-electron chi connectivity index (χ3n) is 8.07. The Morgan fingerprint density at radius 1 is 1.24 bits per heavy atom. The van der Waals surface area contributed by atoms with Crippen LogP contribution in [0, 0.1) is 17.7 Å². The Morgan fingerprint density at radius 3 is 2.84 bits per heavy atom. The fourth-order valence-corrected chi connectivity index (χ4v) is 6.30. The fraction of sp³-hybridized carbons (Fsp3) is 0.600. The summed E-state index contributed by atoms with van der Waals surface area (Å²) < 4.78 is 20.7. The second kappa shape index (κ2) is 10.5. The summed E-state index contributed by atoms with van der Waals surface area (Å²) in [5.74, 6) is -1.31. The molecular weight excluding hydrogens is 505 g/mol. The van der Waals surface area contributed by atoms with Crippen molar-refractivity contribution in [2.45, 2.75) is 76.7 Å². The molecule has 1 aromatic rings. The van der Waals surface area contributed by atoms with Crippen LogP contribution in [-0.2, 0) is 27.4 Å². The summed E-state index contributed by atoms with van der Waals surface area (Å²) in [7, 11) is 0. The maximum absolute atomic E-state index is 15.4. The van der Waals surface area contributed by atoms with Gasteiger partial charge in [-0.15, -0.1) is 0 Å². The molecule has 3 heterocycles. The number of halogens is 2. The monoisotopic (exact) mass is 535 g/mol. The Hall–Kier alpha value is -2.76. The zero-order valence-electron chi connectivity index (χ0n) is 20.6. The number of amides is 4. The molecule has 1 aromatic carbocycles. The summed E-state index contributed by atoms with van der Waals surface area (Å²) in [6.07, 6.45) is 4.02. The van der Waals surface area contributed by atoms with Gasteiger partial charge in [-0.25, -0.2) is 9.18 Å². The number of nitrogens with one attached hydrogen (secondary N) is 4. The van der Waals surface area contributed by atoms with Gasteiger partial charge in [-0.05, 0) is 37.2 Å². The van der Waals surface area contributed by atoms with Crippen LogP contribution in [0.15, 0.2) is 6.07 Å². The molecule has 12 heteroatoms. The first-order valence-corrected chi connectivity index (χ1v) is 13.2. The number of ether oxygens (including phenoxy) is 1. The number of benzene rings is 1. The van der Waals surface area contributed by atoms with Crippen molar-refractivity contribution >= 4 is 35.4 Å². The third kappa shape index (κ3) is 5.17. The summed E-state index contributed by atoms with van der Waals surface area (Å²) >= 11 is 6.36. The molecule has 3 aliphatic heterocycles. The maximum Gasteiger partial charge on any atom is 0.407 e. The minimum absolute atomic E-state index is 0.0189. The molecule has 4 aliphatic rings. The van der Waals surface area contributed by atoms with Crippen molar-refractivity contribution < 1.29 is 28.3 Å². The standard InChI is InChI=1S/C25H31ClFN5O5/c1-12-3-2-4-18-15(12)8-14(30-31-18)11-37-25(36)28-9-13-7-17(26)16-10-32(24(35)21(16)22(13)27)19-5-6-20(33)29-23(19)34/h7,12,14-15,18-19,30-31H,2-6,8-11H2,1H3,(H,28,36)(H,29,33,34). The minimum atomic E-state index is -0.876. The first-order chi connectivity index (χ1) is 17.7. The lowest BCUT2D eigenvalue weighted by Gasteiger charge is -2.43. The number of piperidine rings is 1. The number of rotatable bonds is 5. The quantitative estimate of drug-likeness (QED) is 0.425. The first kappa shape index (κ1) is 25.9. The van der Waals surface area contributed by atoms with Gasteiger partial charge in [-0.1, -0.05) is 31.4 Å². The second-order valence-corrected chi connectivity index (χ2v) is 10.8. The van der Waals surface area contributed by atoms with Gasteiger partial charge in [-0.3, -0.25) is 30.6 Å². The van der Waals surface area contributed by atoms with E-state index in [0.717, 1.165) is 12.8 Å². The highest BCUT2D eigenvalue weighted by molar-refractivity contribution is 6.32. The zero-order valence-corrected chi connectivity index (χ0v) is 21.3. The van der Waals surface area contributed by atoms with E-state index in [1.807, 2.05) is 0 Å². The van der Waals surface area contributed by atoms with E-state index in [1.54, 1.807) is 0 Å². The normalized spacial score (nSPS) is 29.4. The van der Waals surface area contributed by atoms with Crippen LogP contribution >= 0.6 is 11.6 Å². The number of hydrazine groups is 1. The molecule has 1 aliphatic carbocycles. The van der Waals surface area contributed by atoms with Crippen LogP contribution in [0.3, 0.4) is 0 Å². The van der Waals surface area contributed by atoms with Gasteiger partial charge in [0.05, 0.1) is 11.6 Å². The number of nitrogens with zero attached hydrogens (tertiary/aromatic N) is 1. The second-order valence-electron chi connectivity index (χ2n) is 10.4. The highest BCUT2D eigenvalue weighted by Gasteiger charge is 2.42. The average Bonchev–Trinajstić information content (AvgIpc) is 3.22. The van der Waals surface area contributed by atoms with Crippen molar-refractivity contribution in [1.29, 1.82) is 0 Å². The molecule has 0 radical (unpaired) electrons. The molecule has 200 valence electrons. The van der Waals surface area contributed by atoms with Crippen LogP contribution < -0.4 is 21.5 Å². The number of alkyl carbamates (subject to hydrolysis) is 1. The summed E-state index contributed by atoms with van der Waals surface area (Å²) in [5, 5.41) is 4.90. The number of hydrogen-bond acceptors (Lipinski definition) is 7. The molecule has 5 unspecified atom stereocenters. The van der Waals surface area contributed by atoms with Crippen LogP contribution in [-0.4, -0.2) is 53.4 Å². The lowest BCUT2D eigenvalue weighted by Crippen LogP contribution is -2.59. The summed E-state index contributed by atoms with van der Waals surface area (Å²) in [6, 6.07) is 0.915. The first-order valence-electron chi connectivity index (χ1n) is 12.8. The molecule has 1 saturated carbocycles. The molecule has 10 nitrogen and oxygen atoms in total. The van der Waals surface area contributed by atoms with Crippen molar-refractivity contribution in [2.75, 3.05) is 6.61 Å². The van der Waals surface area contributed by atoms with Gasteiger partial charge in [-0.2, -0.15) is 0 Å². The number of hydrogen-bond donors (Lipinski definition) is 4. The van der Waals surface area contributed by atoms with Gasteiger partial charge in [0.15, 0.2) is 0 Å². The van der Waals surface area contributed by atoms with Gasteiger partial charge < -0.3 is 15.0 Å². The Morgan fingerprint density at radius 2 is 2.05 bits per heavy atom. The highest BCUT2D eigenvalue weighted by atomic mass is 35.5. The number of imide groups is 1. The largest absolute Gasteiger partial charge is 0.448 e. The predicted molar refractivity (Wildman–Crippen MR) is 131 cm³/mol. The Balaban J connectivity index is 1.17. The van der Waals surface area contributed by atoms with Crippen LogP contribution in [0.1, 0.15) is 66.9 Å². The molecule has 0 bridgehead atoms. The van der Waals surface area contributed by atoms with E-state index < -0.39 is 35.7 Å². The topological polar surface area (TPSA) is 129 Å². The minimum Gasteiger partial charge on any atom is -0.448 e. The SMILES string of the molecule is CC1CCCC2NNC(COC(=O)NCc3cc(Cl)c4c(c3F)C(=O)N(C3CCC(=O)NC3=O)C4)CC12. The van der Waals surface area contributed by atoms with Gasteiger partial charge in [0.2, 0.25) is 11.8 Å². The zero-order chi connectivity index (χ0) is 26.3. The third-order valence-corrected chi connectivity index (χ3v) is 8.41. The van der Waals surface area contributed by atoms with Crippen molar-refractivity contribution in [3.63, 3.8) is 0 Å². The van der Waals surface area contributed by atoms with Gasteiger partial charge in [0.25, 0.3) is 5.91 Å². The van der Waals surface area contributed by atoms with E-state index in [-0.39, 0.29) is 60.3 Å². The Labute approximate surface area is 218 Å². The summed E-state index contributed by atoms with van der Waals surface area (Å²) in [5.41, 5.74) is 6.70. The Kier molecular flexibility index (Phi) is 7.37. The maximum atomic E-state index is 15.4. The van der Waals surface area contributed by atoms with Crippen molar-refractivity contribution in [2.24, 2.45) is 11.8 Å². The van der Waals surface area contributed by atoms with E-state index in [2.05, 4.69) is 28.4 Å². The number of carbonyl (C=O) groups excluding carboxylic acids is 4. The van der Waals surface area contributed by atoms with Crippen LogP contribution in [0.4, 0.5) is 9.18 Å². The molecule has 4 amide bonds. The molecule has 4 N–H and O–H groups in total. The fourth-order valence-electron chi connectivity index (χ4n) is 6.02. The summed E-state index contributed by atoms with van der Waals surface area (Å²) in [4.78, 5) is 50.3. The van der Waals surface area contributed by atoms with E-state index in [9.17, 15) is 19.2 Å². The molecular formula is C25H31ClFN5O5. The molecule has 0 aromatic heterocycles. The van der Waals surface area contributed by atoms with Crippen LogP contribution in [0.2, 0.25) is 5.02 Å². The molecule has 0 spiro atoms. The highest BCUT2D eigenvalue weighted by Crippen LogP contribution is 2.36. The van der Waals surface area contributed by atoms with E-state index >= 15 is 4.39 Å². The van der Waals surface area contributed by atoms with Crippen molar-refractivity contribution in [1.82, 2.24) is 26.4 Å². The molecule has 5 atom stereocenters. The van der Waals surface area contributed by atoms with E-state index in [1.165, 1.54) is 23.8 Å². The summed E-state index contributed by atoms with van der Waals surface area (Å²) in [6.45, 7) is 2.18. The molecule has 3 fully saturated rings. The van der Waals surface area contributed by atoms with E-state index in [4.69, 9.17) is 16.3 Å². The molecule has 37 heavy (non-hydrogen) atoms. The Bertz CT molecular complexity index is 1130. The lowest BCUT2D eigenvalue weighted by atomic mass is 9.73. The van der Waals surface area contributed by atoms with Gasteiger partial charge in [0.1, 0.15) is 18.5 Å². The van der Waals surface area contributed by atoms with E-state index in [0.29, 0.717) is 17.9 Å². The lowest BCUT2D eigenvalue weighted by molar-refractivity contribution is -0.136. The van der Waals surface area contributed by atoms with Gasteiger partial charge in [0, 0.05) is 41.7 Å². The van der Waals surface area contributed by atoms with Crippen molar-refractivity contribution in [3.05, 3.63) is 33.6 Å². The number of carbonyl (C=O) groups is 4. The number of fused-ring (bicyclic) bond motifs is 2. The van der Waals surface area contributed by atoms with Crippen LogP contribution in [0.25, 0.3) is 0 Å². The smallest absolute Gasteiger partial charge is 0.407 e. The molecule has 5 rings (SSSR count). The average molecular weight is 536 g/mol. The van der Waals surface area contributed by atoms with Crippen molar-refractivity contribution in [3.8, 4) is 0 Å².